The van der Waals surface area contributed by atoms with Crippen LogP contribution in [-0.2, 0) is 9.53 Å². The predicted octanol–water partition coefficient (Wildman–Crippen LogP) is 3.41. The second kappa shape index (κ2) is 5.87. The van der Waals surface area contributed by atoms with Crippen LogP contribution >= 0.6 is 0 Å². The zero-order chi connectivity index (χ0) is 16.7. The number of hydrogen-bond acceptors (Lipinski definition) is 4. The van der Waals surface area contributed by atoms with Gasteiger partial charge in [-0.2, -0.15) is 0 Å². The Balaban J connectivity index is 1.50. The van der Waals surface area contributed by atoms with E-state index >= 15 is 0 Å². The number of esters is 1. The quantitative estimate of drug-likeness (QED) is 0.860. The molecule has 0 radical (unpaired) electrons. The van der Waals surface area contributed by atoms with Crippen LogP contribution in [0.15, 0.2) is 18.5 Å². The molecule has 24 heavy (non-hydrogen) atoms. The highest BCUT2D eigenvalue weighted by atomic mass is 16.5. The van der Waals surface area contributed by atoms with Gasteiger partial charge in [0.2, 0.25) is 5.91 Å². The summed E-state index contributed by atoms with van der Waals surface area (Å²) in [4.78, 5) is 28.9. The molecule has 4 aliphatic carbocycles. The predicted molar refractivity (Wildman–Crippen MR) is 89.4 cm³/mol. The van der Waals surface area contributed by atoms with Crippen molar-refractivity contribution < 1.29 is 14.3 Å². The van der Waals surface area contributed by atoms with Gasteiger partial charge in [-0.3, -0.25) is 9.78 Å². The Morgan fingerprint density at radius 1 is 1.17 bits per heavy atom. The van der Waals surface area contributed by atoms with Crippen LogP contribution in [0.25, 0.3) is 0 Å². The number of ether oxygens (including phenoxy) is 1. The average molecular weight is 328 g/mol. The summed E-state index contributed by atoms with van der Waals surface area (Å²) in [6.07, 6.45) is 10.1. The molecule has 5 nitrogen and oxygen atoms in total. The molecule has 4 bridgehead atoms. The molecule has 1 aromatic heterocycles. The molecule has 4 fully saturated rings. The van der Waals surface area contributed by atoms with E-state index in [2.05, 4.69) is 10.3 Å². The van der Waals surface area contributed by atoms with Crippen molar-refractivity contribution in [3.05, 3.63) is 24.0 Å². The van der Waals surface area contributed by atoms with Crippen LogP contribution in [0, 0.1) is 23.2 Å². The lowest BCUT2D eigenvalue weighted by atomic mass is 9.49. The number of rotatable bonds is 4. The van der Waals surface area contributed by atoms with Crippen molar-refractivity contribution in [2.45, 2.75) is 45.4 Å². The van der Waals surface area contributed by atoms with Gasteiger partial charge in [0.25, 0.3) is 0 Å². The number of hydrogen-bond donors (Lipinski definition) is 1. The summed E-state index contributed by atoms with van der Waals surface area (Å²) >= 11 is 0. The summed E-state index contributed by atoms with van der Waals surface area (Å²) in [6.45, 7) is 2.09. The monoisotopic (exact) mass is 328 g/mol. The molecule has 1 amide bonds. The van der Waals surface area contributed by atoms with Gasteiger partial charge in [0.1, 0.15) is 0 Å². The van der Waals surface area contributed by atoms with Crippen LogP contribution in [0.4, 0.5) is 5.69 Å². The zero-order valence-electron chi connectivity index (χ0n) is 14.1. The molecule has 5 heteroatoms. The van der Waals surface area contributed by atoms with E-state index in [1.165, 1.54) is 25.5 Å². The standard InChI is InChI=1S/C19H24N2O3/c1-2-24-17(22)15-6-16(11-20-10-15)21-18(23)19-7-12-3-13(8-19)5-14(4-12)9-19/h6,10-14H,2-5,7-9H2,1H3,(H,21,23). The van der Waals surface area contributed by atoms with Gasteiger partial charge >= 0.3 is 5.97 Å². The van der Waals surface area contributed by atoms with Gasteiger partial charge < -0.3 is 10.1 Å². The highest BCUT2D eigenvalue weighted by Gasteiger charge is 2.54. The number of aromatic nitrogens is 1. The van der Waals surface area contributed by atoms with Crippen molar-refractivity contribution in [1.82, 2.24) is 4.98 Å². The Bertz CT molecular complexity index is 635. The van der Waals surface area contributed by atoms with Crippen LogP contribution in [0.1, 0.15) is 55.8 Å². The highest BCUT2D eigenvalue weighted by molar-refractivity contribution is 5.97. The van der Waals surface area contributed by atoms with E-state index in [0.29, 0.717) is 17.9 Å². The normalized spacial score (nSPS) is 33.3. The molecule has 1 N–H and O–H groups in total. The van der Waals surface area contributed by atoms with Gasteiger partial charge in [-0.05, 0) is 69.3 Å². The maximum atomic E-state index is 13.0. The Morgan fingerprint density at radius 2 is 1.79 bits per heavy atom. The number of anilines is 1. The first-order valence-electron chi connectivity index (χ1n) is 9.01. The first-order chi connectivity index (χ1) is 11.6. The molecule has 1 heterocycles. The van der Waals surface area contributed by atoms with Gasteiger partial charge in [-0.25, -0.2) is 4.79 Å². The number of nitrogens with zero attached hydrogens (tertiary/aromatic N) is 1. The fraction of sp³-hybridized carbons (Fsp3) is 0.632. The summed E-state index contributed by atoms with van der Waals surface area (Å²) in [5, 5.41) is 3.03. The third-order valence-corrected chi connectivity index (χ3v) is 6.03. The summed E-state index contributed by atoms with van der Waals surface area (Å²) in [5.41, 5.74) is 0.760. The third kappa shape index (κ3) is 2.70. The number of pyridine rings is 1. The van der Waals surface area contributed by atoms with Crippen molar-refractivity contribution in [2.24, 2.45) is 23.2 Å². The van der Waals surface area contributed by atoms with Crippen molar-refractivity contribution >= 4 is 17.6 Å². The van der Waals surface area contributed by atoms with Crippen molar-refractivity contribution in [3.8, 4) is 0 Å². The lowest BCUT2D eigenvalue weighted by Crippen LogP contribution is -2.51. The summed E-state index contributed by atoms with van der Waals surface area (Å²) < 4.78 is 5.00. The molecule has 0 saturated heterocycles. The van der Waals surface area contributed by atoms with Crippen molar-refractivity contribution in [1.29, 1.82) is 0 Å². The van der Waals surface area contributed by atoms with Crippen molar-refractivity contribution in [3.63, 3.8) is 0 Å². The molecular formula is C19H24N2O3. The van der Waals surface area contributed by atoms with Gasteiger partial charge in [-0.1, -0.05) is 0 Å². The Labute approximate surface area is 142 Å². The molecule has 4 saturated carbocycles. The van der Waals surface area contributed by atoms with E-state index in [1.54, 1.807) is 19.2 Å². The summed E-state index contributed by atoms with van der Waals surface area (Å²) in [6, 6.07) is 1.66. The first kappa shape index (κ1) is 15.6. The van der Waals surface area contributed by atoms with E-state index in [-0.39, 0.29) is 11.3 Å². The van der Waals surface area contributed by atoms with Gasteiger partial charge in [0, 0.05) is 6.20 Å². The fourth-order valence-electron chi connectivity index (χ4n) is 5.49. The van der Waals surface area contributed by atoms with E-state index in [9.17, 15) is 9.59 Å². The lowest BCUT2D eigenvalue weighted by Gasteiger charge is -2.55. The van der Waals surface area contributed by atoms with Crippen LogP contribution in [0.3, 0.4) is 0 Å². The van der Waals surface area contributed by atoms with Gasteiger partial charge in [0.15, 0.2) is 0 Å². The molecule has 0 aromatic carbocycles. The van der Waals surface area contributed by atoms with E-state index in [1.807, 2.05) is 0 Å². The molecule has 1 aromatic rings. The first-order valence-corrected chi connectivity index (χ1v) is 9.01. The minimum atomic E-state index is -0.407. The van der Waals surface area contributed by atoms with Crippen LogP contribution < -0.4 is 5.32 Å². The average Bonchev–Trinajstić information content (AvgIpc) is 2.54. The molecule has 4 aliphatic rings. The molecule has 0 atom stereocenters. The maximum absolute atomic E-state index is 13.0. The Hall–Kier alpha value is -1.91. The third-order valence-electron chi connectivity index (χ3n) is 6.03. The second-order valence-electron chi connectivity index (χ2n) is 7.83. The van der Waals surface area contributed by atoms with Crippen LogP contribution in [0.2, 0.25) is 0 Å². The minimum Gasteiger partial charge on any atom is -0.462 e. The van der Waals surface area contributed by atoms with Crippen molar-refractivity contribution in [2.75, 3.05) is 11.9 Å². The topological polar surface area (TPSA) is 68.3 Å². The molecule has 0 unspecified atom stereocenters. The smallest absolute Gasteiger partial charge is 0.339 e. The molecule has 5 rings (SSSR count). The van der Waals surface area contributed by atoms with Gasteiger partial charge in [-0.15, -0.1) is 0 Å². The molecular weight excluding hydrogens is 304 g/mol. The van der Waals surface area contributed by atoms with E-state index < -0.39 is 5.97 Å². The summed E-state index contributed by atoms with van der Waals surface area (Å²) in [7, 11) is 0. The molecule has 0 spiro atoms. The van der Waals surface area contributed by atoms with Crippen LogP contribution in [-0.4, -0.2) is 23.5 Å². The molecule has 0 aliphatic heterocycles. The van der Waals surface area contributed by atoms with E-state index in [0.717, 1.165) is 37.0 Å². The second-order valence-corrected chi connectivity index (χ2v) is 7.83. The summed E-state index contributed by atoms with van der Waals surface area (Å²) in [5.74, 6) is 1.89. The Kier molecular flexibility index (Phi) is 3.82. The highest BCUT2D eigenvalue weighted by Crippen LogP contribution is 2.60. The Morgan fingerprint density at radius 3 is 2.38 bits per heavy atom. The van der Waals surface area contributed by atoms with E-state index in [4.69, 9.17) is 4.74 Å². The minimum absolute atomic E-state index is 0.115. The fourth-order valence-corrected chi connectivity index (χ4v) is 5.49. The number of carbonyl (C=O) groups is 2. The molecule has 128 valence electrons. The number of nitrogens with one attached hydrogen (secondary N) is 1. The van der Waals surface area contributed by atoms with Crippen LogP contribution in [0.5, 0.6) is 0 Å². The SMILES string of the molecule is CCOC(=O)c1cncc(NC(=O)C23CC4CC(CC(C4)C2)C3)c1. The number of amides is 1. The zero-order valence-corrected chi connectivity index (χ0v) is 14.1. The van der Waals surface area contributed by atoms with Gasteiger partial charge in [0.05, 0.1) is 29.5 Å². The maximum Gasteiger partial charge on any atom is 0.339 e. The largest absolute Gasteiger partial charge is 0.462 e. The number of carbonyl (C=O) groups excluding carboxylic acids is 2. The lowest BCUT2D eigenvalue weighted by molar-refractivity contribution is -0.140.